The maximum atomic E-state index is 11.2. The fourth-order valence-electron chi connectivity index (χ4n) is 1.91. The van der Waals surface area contributed by atoms with Crippen LogP contribution in [0.25, 0.3) is 0 Å². The van der Waals surface area contributed by atoms with Crippen molar-refractivity contribution in [2.45, 2.75) is 58.3 Å². The van der Waals surface area contributed by atoms with Gasteiger partial charge in [-0.25, -0.2) is 0 Å². The molecule has 20 heavy (non-hydrogen) atoms. The van der Waals surface area contributed by atoms with Crippen LogP contribution < -0.4 is 10.6 Å². The summed E-state index contributed by atoms with van der Waals surface area (Å²) < 4.78 is 4.73. The van der Waals surface area contributed by atoms with Crippen molar-refractivity contribution in [3.63, 3.8) is 0 Å². The molecule has 0 aliphatic carbocycles. The van der Waals surface area contributed by atoms with Crippen molar-refractivity contribution in [2.75, 3.05) is 26.8 Å². The van der Waals surface area contributed by atoms with E-state index in [0.717, 1.165) is 45.2 Å². The highest BCUT2D eigenvalue weighted by atomic mass is 16.5. The summed E-state index contributed by atoms with van der Waals surface area (Å²) in [6.07, 6.45) is 8.28. The van der Waals surface area contributed by atoms with Crippen LogP contribution in [0.5, 0.6) is 0 Å². The first kappa shape index (κ1) is 18.9. The standard InChI is InChI=1S/C15H30N2O3/c1-3-10-14(18)16-11-8-6-4-5-7-9-12-17-15(19)13-20-2/h3-13H2,1-2H3,(H,16,18)(H,17,19). The van der Waals surface area contributed by atoms with Gasteiger partial charge < -0.3 is 15.4 Å². The van der Waals surface area contributed by atoms with Crippen LogP contribution in [0.4, 0.5) is 0 Å². The lowest BCUT2D eigenvalue weighted by Gasteiger charge is -2.05. The molecule has 0 saturated carbocycles. The van der Waals surface area contributed by atoms with Crippen molar-refractivity contribution >= 4 is 11.8 Å². The highest BCUT2D eigenvalue weighted by Gasteiger charge is 1.99. The summed E-state index contributed by atoms with van der Waals surface area (Å²) in [5, 5.41) is 5.73. The normalized spacial score (nSPS) is 10.3. The number of carbonyl (C=O) groups excluding carboxylic acids is 2. The second-order valence-corrected chi connectivity index (χ2v) is 5.00. The van der Waals surface area contributed by atoms with E-state index in [-0.39, 0.29) is 18.4 Å². The van der Waals surface area contributed by atoms with Gasteiger partial charge in [-0.05, 0) is 19.3 Å². The van der Waals surface area contributed by atoms with Gasteiger partial charge in [0.2, 0.25) is 11.8 Å². The zero-order chi connectivity index (χ0) is 15.1. The van der Waals surface area contributed by atoms with Crippen LogP contribution in [0.3, 0.4) is 0 Å². The molecule has 5 nitrogen and oxygen atoms in total. The summed E-state index contributed by atoms with van der Waals surface area (Å²) in [5.41, 5.74) is 0. The predicted molar refractivity (Wildman–Crippen MR) is 80.5 cm³/mol. The molecule has 0 aromatic rings. The van der Waals surface area contributed by atoms with E-state index in [1.54, 1.807) is 0 Å². The molecule has 0 atom stereocenters. The number of rotatable bonds is 13. The number of hydrogen-bond acceptors (Lipinski definition) is 3. The van der Waals surface area contributed by atoms with E-state index in [1.807, 2.05) is 6.92 Å². The second-order valence-electron chi connectivity index (χ2n) is 5.00. The van der Waals surface area contributed by atoms with Crippen molar-refractivity contribution in [1.82, 2.24) is 10.6 Å². The summed E-state index contributed by atoms with van der Waals surface area (Å²) in [5.74, 6) is 0.120. The van der Waals surface area contributed by atoms with Crippen LogP contribution in [0.15, 0.2) is 0 Å². The van der Waals surface area contributed by atoms with Crippen LogP contribution in [0, 0.1) is 0 Å². The number of carbonyl (C=O) groups is 2. The van der Waals surface area contributed by atoms with Gasteiger partial charge in [-0.1, -0.05) is 32.6 Å². The molecule has 0 spiro atoms. The third-order valence-electron chi connectivity index (χ3n) is 3.00. The monoisotopic (exact) mass is 286 g/mol. The molecule has 2 amide bonds. The summed E-state index contributed by atoms with van der Waals surface area (Å²) in [6, 6.07) is 0. The molecule has 2 N–H and O–H groups in total. The number of hydrogen-bond donors (Lipinski definition) is 2. The lowest BCUT2D eigenvalue weighted by atomic mass is 10.1. The summed E-state index contributed by atoms with van der Waals surface area (Å²) in [6.45, 7) is 3.68. The smallest absolute Gasteiger partial charge is 0.245 e. The first-order valence-corrected chi connectivity index (χ1v) is 7.73. The molecule has 0 rings (SSSR count). The number of amides is 2. The van der Waals surface area contributed by atoms with Gasteiger partial charge in [0.15, 0.2) is 0 Å². The molecule has 0 aliphatic rings. The van der Waals surface area contributed by atoms with Gasteiger partial charge in [0, 0.05) is 26.6 Å². The van der Waals surface area contributed by atoms with Gasteiger partial charge in [0.05, 0.1) is 0 Å². The van der Waals surface area contributed by atoms with Crippen LogP contribution >= 0.6 is 0 Å². The minimum absolute atomic E-state index is 0.0460. The Morgan fingerprint density at radius 2 is 1.35 bits per heavy atom. The Morgan fingerprint density at radius 3 is 1.85 bits per heavy atom. The topological polar surface area (TPSA) is 67.4 Å². The Bertz CT molecular complexity index is 232. The van der Waals surface area contributed by atoms with E-state index in [2.05, 4.69) is 10.6 Å². The van der Waals surface area contributed by atoms with Crippen LogP contribution in [0.2, 0.25) is 0 Å². The van der Waals surface area contributed by atoms with E-state index in [4.69, 9.17) is 4.74 Å². The average Bonchev–Trinajstić information content (AvgIpc) is 2.41. The van der Waals surface area contributed by atoms with E-state index < -0.39 is 0 Å². The fourth-order valence-corrected chi connectivity index (χ4v) is 1.91. The summed E-state index contributed by atoms with van der Waals surface area (Å²) in [4.78, 5) is 22.3. The molecular formula is C15H30N2O3. The van der Waals surface area contributed by atoms with Crippen LogP contribution in [-0.2, 0) is 14.3 Å². The van der Waals surface area contributed by atoms with E-state index in [1.165, 1.54) is 20.0 Å². The first-order chi connectivity index (χ1) is 9.70. The van der Waals surface area contributed by atoms with Crippen molar-refractivity contribution in [3.05, 3.63) is 0 Å². The number of ether oxygens (including phenoxy) is 1. The van der Waals surface area contributed by atoms with Crippen LogP contribution in [0.1, 0.15) is 58.3 Å². The van der Waals surface area contributed by atoms with Crippen molar-refractivity contribution in [2.24, 2.45) is 0 Å². The molecule has 0 fully saturated rings. The number of nitrogens with one attached hydrogen (secondary N) is 2. The van der Waals surface area contributed by atoms with Gasteiger partial charge in [-0.2, -0.15) is 0 Å². The molecule has 0 aromatic carbocycles. The van der Waals surface area contributed by atoms with E-state index in [0.29, 0.717) is 6.42 Å². The Kier molecular flexibility index (Phi) is 13.5. The molecule has 5 heteroatoms. The molecule has 0 radical (unpaired) electrons. The molecule has 0 aromatic heterocycles. The molecule has 0 heterocycles. The van der Waals surface area contributed by atoms with Crippen molar-refractivity contribution in [3.8, 4) is 0 Å². The highest BCUT2D eigenvalue weighted by molar-refractivity contribution is 5.77. The zero-order valence-electron chi connectivity index (χ0n) is 13.0. The van der Waals surface area contributed by atoms with Gasteiger partial charge in [-0.15, -0.1) is 0 Å². The maximum absolute atomic E-state index is 11.2. The third-order valence-corrected chi connectivity index (χ3v) is 3.00. The lowest BCUT2D eigenvalue weighted by Crippen LogP contribution is -2.27. The molecule has 0 bridgehead atoms. The molecule has 0 saturated heterocycles. The average molecular weight is 286 g/mol. The SMILES string of the molecule is CCCC(=O)NCCCCCCCCNC(=O)COC. The summed E-state index contributed by atoms with van der Waals surface area (Å²) >= 11 is 0. The number of unbranched alkanes of at least 4 members (excludes halogenated alkanes) is 5. The Labute approximate surface area is 122 Å². The van der Waals surface area contributed by atoms with Gasteiger partial charge in [0.25, 0.3) is 0 Å². The second kappa shape index (κ2) is 14.3. The van der Waals surface area contributed by atoms with E-state index in [9.17, 15) is 9.59 Å². The maximum Gasteiger partial charge on any atom is 0.245 e. The fraction of sp³-hybridized carbons (Fsp3) is 0.867. The lowest BCUT2D eigenvalue weighted by molar-refractivity contribution is -0.124. The molecule has 0 unspecified atom stereocenters. The quantitative estimate of drug-likeness (QED) is 0.509. The third kappa shape index (κ3) is 13.3. The van der Waals surface area contributed by atoms with Gasteiger partial charge in [0.1, 0.15) is 6.61 Å². The zero-order valence-corrected chi connectivity index (χ0v) is 13.0. The first-order valence-electron chi connectivity index (χ1n) is 7.73. The van der Waals surface area contributed by atoms with E-state index >= 15 is 0 Å². The van der Waals surface area contributed by atoms with Gasteiger partial charge >= 0.3 is 0 Å². The summed E-state index contributed by atoms with van der Waals surface area (Å²) in [7, 11) is 1.52. The minimum atomic E-state index is -0.0460. The predicted octanol–water partition coefficient (Wildman–Crippen LogP) is 2.01. The Hall–Kier alpha value is -1.10. The largest absolute Gasteiger partial charge is 0.375 e. The minimum Gasteiger partial charge on any atom is -0.375 e. The Morgan fingerprint density at radius 1 is 0.850 bits per heavy atom. The molecular weight excluding hydrogens is 256 g/mol. The highest BCUT2D eigenvalue weighted by Crippen LogP contribution is 2.04. The van der Waals surface area contributed by atoms with Crippen molar-refractivity contribution in [1.29, 1.82) is 0 Å². The van der Waals surface area contributed by atoms with Gasteiger partial charge in [-0.3, -0.25) is 9.59 Å². The Balaban J connectivity index is 3.13. The molecule has 0 aliphatic heterocycles. The molecule has 118 valence electrons. The van der Waals surface area contributed by atoms with Crippen LogP contribution in [-0.4, -0.2) is 38.6 Å². The van der Waals surface area contributed by atoms with Crippen molar-refractivity contribution < 1.29 is 14.3 Å². The number of methoxy groups -OCH3 is 1.